The highest BCUT2D eigenvalue weighted by Gasteiger charge is 2.38. The molecule has 0 aromatic carbocycles. The molecule has 2 N–H and O–H groups in total. The Labute approximate surface area is 140 Å². The molecule has 2 saturated heterocycles. The van der Waals surface area contributed by atoms with Gasteiger partial charge in [0.15, 0.2) is 0 Å². The Morgan fingerprint density at radius 3 is 2.77 bits per heavy atom. The van der Waals surface area contributed by atoms with Gasteiger partial charge in [-0.2, -0.15) is 0 Å². The topological polar surface area (TPSA) is 66.6 Å². The molecule has 2 aliphatic heterocycles. The third kappa shape index (κ3) is 3.29. The van der Waals surface area contributed by atoms with Crippen LogP contribution in [0.4, 0.5) is 0 Å². The molecule has 3 rings (SSSR count). The van der Waals surface area contributed by atoms with E-state index in [-0.39, 0.29) is 30.3 Å². The number of likely N-dealkylation sites (tertiary alicyclic amines) is 2. The van der Waals surface area contributed by atoms with Crippen LogP contribution in [0.2, 0.25) is 0 Å². The van der Waals surface area contributed by atoms with Crippen molar-refractivity contribution in [1.82, 2.24) is 9.80 Å². The average molecular weight is 344 g/mol. The number of rotatable bonds is 3. The Balaban J connectivity index is 0.00000176. The van der Waals surface area contributed by atoms with Crippen LogP contribution in [0.5, 0.6) is 0 Å². The van der Waals surface area contributed by atoms with Crippen molar-refractivity contribution in [2.24, 2.45) is 11.7 Å². The zero-order valence-electron chi connectivity index (χ0n) is 12.4. The van der Waals surface area contributed by atoms with Crippen LogP contribution >= 0.6 is 23.7 Å². The molecule has 2 amide bonds. The van der Waals surface area contributed by atoms with E-state index in [1.807, 2.05) is 22.4 Å². The Morgan fingerprint density at radius 1 is 1.32 bits per heavy atom. The molecule has 2 fully saturated rings. The highest BCUT2D eigenvalue weighted by molar-refractivity contribution is 7.12. The third-order valence-corrected chi connectivity index (χ3v) is 5.32. The van der Waals surface area contributed by atoms with E-state index < -0.39 is 0 Å². The van der Waals surface area contributed by atoms with Crippen LogP contribution in [-0.4, -0.2) is 53.8 Å². The van der Waals surface area contributed by atoms with Crippen molar-refractivity contribution in [3.63, 3.8) is 0 Å². The van der Waals surface area contributed by atoms with Gasteiger partial charge in [-0.3, -0.25) is 9.59 Å². The maximum atomic E-state index is 12.7. The normalized spacial score (nSPS) is 24.4. The summed E-state index contributed by atoms with van der Waals surface area (Å²) in [6.07, 6.45) is 2.66. The smallest absolute Gasteiger partial charge is 0.264 e. The molecule has 0 radical (unpaired) electrons. The van der Waals surface area contributed by atoms with Gasteiger partial charge in [-0.05, 0) is 43.2 Å². The molecule has 122 valence electrons. The minimum absolute atomic E-state index is 0. The molecule has 3 heterocycles. The van der Waals surface area contributed by atoms with Crippen molar-refractivity contribution in [1.29, 1.82) is 0 Å². The summed E-state index contributed by atoms with van der Waals surface area (Å²) in [7, 11) is 0. The second-order valence-electron chi connectivity index (χ2n) is 5.81. The first kappa shape index (κ1) is 17.2. The first-order valence-corrected chi connectivity index (χ1v) is 8.42. The Bertz CT molecular complexity index is 523. The lowest BCUT2D eigenvalue weighted by Crippen LogP contribution is -2.47. The van der Waals surface area contributed by atoms with Crippen molar-refractivity contribution >= 4 is 35.6 Å². The minimum atomic E-state index is -0.281. The van der Waals surface area contributed by atoms with Crippen LogP contribution < -0.4 is 5.73 Å². The molecule has 0 bridgehead atoms. The van der Waals surface area contributed by atoms with Crippen molar-refractivity contribution in [3.8, 4) is 0 Å². The molecule has 2 aliphatic rings. The van der Waals surface area contributed by atoms with E-state index in [1.165, 1.54) is 11.3 Å². The Morgan fingerprint density at radius 2 is 2.14 bits per heavy atom. The minimum Gasteiger partial charge on any atom is -0.341 e. The molecule has 2 atom stereocenters. The van der Waals surface area contributed by atoms with E-state index in [2.05, 4.69) is 0 Å². The highest BCUT2D eigenvalue weighted by atomic mass is 35.5. The number of halogens is 1. The number of hydrogen-bond donors (Lipinski definition) is 1. The van der Waals surface area contributed by atoms with Gasteiger partial charge >= 0.3 is 0 Å². The summed E-state index contributed by atoms with van der Waals surface area (Å²) in [5.41, 5.74) is 5.69. The van der Waals surface area contributed by atoms with Crippen molar-refractivity contribution in [3.05, 3.63) is 22.4 Å². The van der Waals surface area contributed by atoms with Crippen LogP contribution in [0.1, 0.15) is 28.9 Å². The number of thiophene rings is 1. The zero-order valence-corrected chi connectivity index (χ0v) is 14.1. The lowest BCUT2D eigenvalue weighted by Gasteiger charge is -2.27. The molecular formula is C15H22ClN3O2S. The van der Waals surface area contributed by atoms with Gasteiger partial charge in [0, 0.05) is 19.6 Å². The van der Waals surface area contributed by atoms with Gasteiger partial charge in [-0.15, -0.1) is 23.7 Å². The number of nitrogens with zero attached hydrogens (tertiary/aromatic N) is 2. The third-order valence-electron chi connectivity index (χ3n) is 4.46. The first-order chi connectivity index (χ1) is 10.2. The van der Waals surface area contributed by atoms with Gasteiger partial charge in [-0.1, -0.05) is 6.07 Å². The van der Waals surface area contributed by atoms with Crippen LogP contribution in [0, 0.1) is 5.92 Å². The van der Waals surface area contributed by atoms with Crippen molar-refractivity contribution in [2.75, 3.05) is 26.2 Å². The maximum absolute atomic E-state index is 12.7. The molecule has 0 aliphatic carbocycles. The molecule has 1 aromatic heterocycles. The average Bonchev–Trinajstić information content (AvgIpc) is 3.26. The molecule has 22 heavy (non-hydrogen) atoms. The summed E-state index contributed by atoms with van der Waals surface area (Å²) in [4.78, 5) is 29.6. The van der Waals surface area contributed by atoms with Crippen molar-refractivity contribution < 1.29 is 9.59 Å². The van der Waals surface area contributed by atoms with E-state index in [1.54, 1.807) is 4.90 Å². The fourth-order valence-electron chi connectivity index (χ4n) is 3.24. The van der Waals surface area contributed by atoms with E-state index in [0.717, 1.165) is 37.2 Å². The van der Waals surface area contributed by atoms with Crippen LogP contribution in [0.25, 0.3) is 0 Å². The monoisotopic (exact) mass is 343 g/mol. The van der Waals surface area contributed by atoms with Gasteiger partial charge in [0.05, 0.1) is 4.88 Å². The van der Waals surface area contributed by atoms with Crippen LogP contribution in [0.3, 0.4) is 0 Å². The Hall–Kier alpha value is -1.11. The summed E-state index contributed by atoms with van der Waals surface area (Å²) in [5, 5.41) is 1.90. The molecule has 1 aromatic rings. The second-order valence-corrected chi connectivity index (χ2v) is 6.76. The molecule has 0 saturated carbocycles. The quantitative estimate of drug-likeness (QED) is 0.906. The van der Waals surface area contributed by atoms with Gasteiger partial charge in [-0.25, -0.2) is 0 Å². The molecule has 0 spiro atoms. The Kier molecular flexibility index (Phi) is 5.83. The summed E-state index contributed by atoms with van der Waals surface area (Å²) < 4.78 is 0. The van der Waals surface area contributed by atoms with Gasteiger partial charge < -0.3 is 15.5 Å². The van der Waals surface area contributed by atoms with Gasteiger partial charge in [0.25, 0.3) is 5.91 Å². The lowest BCUT2D eigenvalue weighted by molar-refractivity contribution is -0.134. The second kappa shape index (κ2) is 7.44. The molecule has 7 heteroatoms. The van der Waals surface area contributed by atoms with Gasteiger partial charge in [0.2, 0.25) is 5.91 Å². The molecular weight excluding hydrogens is 322 g/mol. The number of hydrogen-bond acceptors (Lipinski definition) is 4. The van der Waals surface area contributed by atoms with E-state index in [9.17, 15) is 9.59 Å². The molecule has 2 unspecified atom stereocenters. The molecule has 5 nitrogen and oxygen atoms in total. The van der Waals surface area contributed by atoms with E-state index >= 15 is 0 Å². The van der Waals surface area contributed by atoms with Gasteiger partial charge in [0.1, 0.15) is 6.04 Å². The number of carbonyl (C=O) groups excluding carboxylic acids is 2. The number of amides is 2. The number of carbonyl (C=O) groups is 2. The highest BCUT2D eigenvalue weighted by Crippen LogP contribution is 2.25. The summed E-state index contributed by atoms with van der Waals surface area (Å²) in [5.74, 6) is 0.514. The van der Waals surface area contributed by atoms with E-state index in [4.69, 9.17) is 5.73 Å². The summed E-state index contributed by atoms with van der Waals surface area (Å²) in [6.45, 7) is 2.83. The van der Waals surface area contributed by atoms with Crippen LogP contribution in [0.15, 0.2) is 17.5 Å². The fraction of sp³-hybridized carbons (Fsp3) is 0.600. The predicted molar refractivity (Wildman–Crippen MR) is 89.4 cm³/mol. The van der Waals surface area contributed by atoms with E-state index in [0.29, 0.717) is 19.0 Å². The largest absolute Gasteiger partial charge is 0.341 e. The maximum Gasteiger partial charge on any atom is 0.264 e. The fourth-order valence-corrected chi connectivity index (χ4v) is 3.92. The lowest BCUT2D eigenvalue weighted by atomic mass is 10.1. The SMILES string of the molecule is Cl.NCC1CCN(C(=O)C2CCCN2C(=O)c2cccs2)C1. The summed E-state index contributed by atoms with van der Waals surface area (Å²) in [6, 6.07) is 3.42. The summed E-state index contributed by atoms with van der Waals surface area (Å²) >= 11 is 1.44. The van der Waals surface area contributed by atoms with Crippen LogP contribution in [-0.2, 0) is 4.79 Å². The zero-order chi connectivity index (χ0) is 14.8. The first-order valence-electron chi connectivity index (χ1n) is 7.54. The van der Waals surface area contributed by atoms with Crippen molar-refractivity contribution in [2.45, 2.75) is 25.3 Å². The standard InChI is InChI=1S/C15H21N3O2S.ClH/c16-9-11-5-7-17(10-11)14(19)12-3-1-6-18(12)15(20)13-4-2-8-21-13;/h2,4,8,11-12H,1,3,5-7,9-10,16H2;1H. The number of nitrogens with two attached hydrogens (primary N) is 1. The predicted octanol–water partition coefficient (Wildman–Crippen LogP) is 1.58.